The molecule has 0 saturated carbocycles. The molecule has 0 fully saturated rings. The molecule has 9 heteroatoms. The number of methoxy groups -OCH3 is 1. The predicted octanol–water partition coefficient (Wildman–Crippen LogP) is 4.82. The second kappa shape index (κ2) is 8.23. The van der Waals surface area contributed by atoms with E-state index in [-0.39, 0.29) is 11.4 Å². The molecule has 2 heterocycles. The summed E-state index contributed by atoms with van der Waals surface area (Å²) in [4.78, 5) is 4.25. The van der Waals surface area contributed by atoms with Crippen molar-refractivity contribution in [3.05, 3.63) is 72.1 Å². The predicted molar refractivity (Wildman–Crippen MR) is 121 cm³/mol. The van der Waals surface area contributed by atoms with Gasteiger partial charge in [0.25, 0.3) is 0 Å². The number of hydrogen-bond acceptors (Lipinski definition) is 5. The molecule has 0 spiro atoms. The number of hydrogen-bond donors (Lipinski definition) is 1. The van der Waals surface area contributed by atoms with Gasteiger partial charge in [-0.2, -0.15) is 0 Å². The van der Waals surface area contributed by atoms with Crippen molar-refractivity contribution in [1.29, 1.82) is 0 Å². The van der Waals surface area contributed by atoms with Crippen molar-refractivity contribution < 1.29 is 21.9 Å². The summed E-state index contributed by atoms with van der Waals surface area (Å²) in [6.45, 7) is 0. The Morgan fingerprint density at radius 1 is 1.06 bits per heavy atom. The fourth-order valence-electron chi connectivity index (χ4n) is 3.74. The highest BCUT2D eigenvalue weighted by molar-refractivity contribution is 7.89. The maximum absolute atomic E-state index is 14.3. The highest BCUT2D eigenvalue weighted by Crippen LogP contribution is 2.39. The number of pyridine rings is 1. The largest absolute Gasteiger partial charge is 0.479 e. The van der Waals surface area contributed by atoms with Gasteiger partial charge in [0.1, 0.15) is 17.2 Å². The Hall–Kier alpha value is -3.46. The van der Waals surface area contributed by atoms with Gasteiger partial charge in [-0.25, -0.2) is 22.2 Å². The van der Waals surface area contributed by atoms with E-state index in [0.29, 0.717) is 22.7 Å². The van der Waals surface area contributed by atoms with Crippen LogP contribution in [0.1, 0.15) is 5.56 Å². The Kier molecular flexibility index (Phi) is 5.60. The summed E-state index contributed by atoms with van der Waals surface area (Å²) < 4.78 is 58.7. The molecule has 6 nitrogen and oxygen atoms in total. The third-order valence-electron chi connectivity index (χ3n) is 5.05. The van der Waals surface area contributed by atoms with Crippen molar-refractivity contribution in [2.45, 2.75) is 5.75 Å². The first-order valence-electron chi connectivity index (χ1n) is 9.67. The van der Waals surface area contributed by atoms with Crippen molar-refractivity contribution >= 4 is 32.1 Å². The third kappa shape index (κ3) is 4.29. The zero-order chi connectivity index (χ0) is 23.0. The average molecular weight is 458 g/mol. The number of benzene rings is 2. The molecule has 32 heavy (non-hydrogen) atoms. The van der Waals surface area contributed by atoms with Crippen LogP contribution in [0.15, 0.2) is 54.9 Å². The van der Waals surface area contributed by atoms with Crippen LogP contribution in [-0.2, 0) is 22.6 Å². The molecule has 4 rings (SSSR count). The van der Waals surface area contributed by atoms with Crippen molar-refractivity contribution in [2.75, 3.05) is 18.7 Å². The quantitative estimate of drug-likeness (QED) is 0.450. The Bertz CT molecular complexity index is 1430. The van der Waals surface area contributed by atoms with Crippen LogP contribution < -0.4 is 10.1 Å². The highest BCUT2D eigenvalue weighted by atomic mass is 32.2. The molecule has 1 N–H and O–H groups in total. The molecule has 0 aliphatic rings. The minimum absolute atomic E-state index is 0.1000. The topological polar surface area (TPSA) is 73.2 Å². The first-order chi connectivity index (χ1) is 15.2. The van der Waals surface area contributed by atoms with Gasteiger partial charge in [-0.3, -0.25) is 0 Å². The third-order valence-corrected chi connectivity index (χ3v) is 5.91. The zero-order valence-corrected chi connectivity index (χ0v) is 18.5. The van der Waals surface area contributed by atoms with Crippen LogP contribution in [-0.4, -0.2) is 31.3 Å². The lowest BCUT2D eigenvalue weighted by atomic mass is 10.0. The number of aromatic nitrogens is 2. The number of aryl methyl sites for hydroxylation is 1. The molecular formula is C23H21F2N3O3S. The summed E-state index contributed by atoms with van der Waals surface area (Å²) in [5.74, 6) is -1.10. The monoisotopic (exact) mass is 457 g/mol. The Labute approximate surface area is 184 Å². The number of nitrogens with zero attached hydrogens (tertiary/aromatic N) is 2. The smallest absolute Gasteiger partial charge is 0.238 e. The number of anilines is 2. The fourth-order valence-corrected chi connectivity index (χ4v) is 4.52. The van der Waals surface area contributed by atoms with Crippen LogP contribution in [0.2, 0.25) is 0 Å². The zero-order valence-electron chi connectivity index (χ0n) is 17.7. The molecule has 0 amide bonds. The van der Waals surface area contributed by atoms with Crippen molar-refractivity contribution in [1.82, 2.24) is 9.55 Å². The Morgan fingerprint density at radius 2 is 1.81 bits per heavy atom. The van der Waals surface area contributed by atoms with Gasteiger partial charge in [0.2, 0.25) is 5.88 Å². The molecule has 166 valence electrons. The van der Waals surface area contributed by atoms with Gasteiger partial charge in [-0.15, -0.1) is 0 Å². The summed E-state index contributed by atoms with van der Waals surface area (Å²) >= 11 is 0. The van der Waals surface area contributed by atoms with Crippen LogP contribution >= 0.6 is 0 Å². The summed E-state index contributed by atoms with van der Waals surface area (Å²) in [5, 5.41) is 3.84. The number of fused-ring (bicyclic) bond motifs is 1. The maximum atomic E-state index is 14.3. The van der Waals surface area contributed by atoms with Gasteiger partial charge in [-0.1, -0.05) is 6.07 Å². The second-order valence-corrected chi connectivity index (χ2v) is 9.71. The molecule has 0 bridgehead atoms. The normalized spacial score (nSPS) is 11.7. The minimum atomic E-state index is -3.26. The molecular weight excluding hydrogens is 436 g/mol. The van der Waals surface area contributed by atoms with Crippen molar-refractivity contribution in [2.24, 2.45) is 7.05 Å². The fraction of sp³-hybridized carbons (Fsp3) is 0.174. The van der Waals surface area contributed by atoms with Gasteiger partial charge in [0, 0.05) is 54.0 Å². The molecule has 0 aliphatic heterocycles. The van der Waals surface area contributed by atoms with E-state index in [1.165, 1.54) is 19.4 Å². The van der Waals surface area contributed by atoms with Gasteiger partial charge in [0.05, 0.1) is 18.6 Å². The van der Waals surface area contributed by atoms with Crippen LogP contribution in [0.3, 0.4) is 0 Å². The van der Waals surface area contributed by atoms with Crippen molar-refractivity contribution in [3.8, 4) is 17.0 Å². The van der Waals surface area contributed by atoms with E-state index >= 15 is 0 Å². The molecule has 0 radical (unpaired) electrons. The van der Waals surface area contributed by atoms with Crippen LogP contribution in [0, 0.1) is 11.6 Å². The highest BCUT2D eigenvalue weighted by Gasteiger charge is 2.18. The number of halogens is 2. The van der Waals surface area contributed by atoms with E-state index in [9.17, 15) is 17.2 Å². The molecule has 0 aliphatic carbocycles. The van der Waals surface area contributed by atoms with E-state index in [1.54, 1.807) is 24.4 Å². The maximum Gasteiger partial charge on any atom is 0.238 e. The minimum Gasteiger partial charge on any atom is -0.479 e. The lowest BCUT2D eigenvalue weighted by molar-refractivity contribution is 0.401. The second-order valence-electron chi connectivity index (χ2n) is 7.57. The van der Waals surface area contributed by atoms with E-state index in [0.717, 1.165) is 28.6 Å². The molecule has 0 saturated heterocycles. The summed E-state index contributed by atoms with van der Waals surface area (Å²) in [6, 6.07) is 10.2. The van der Waals surface area contributed by atoms with Gasteiger partial charge < -0.3 is 14.6 Å². The molecule has 2 aromatic heterocycles. The number of ether oxygens (including phenoxy) is 1. The number of nitrogens with one attached hydrogen (secondary N) is 1. The van der Waals surface area contributed by atoms with Crippen LogP contribution in [0.5, 0.6) is 5.88 Å². The first kappa shape index (κ1) is 21.8. The Balaban J connectivity index is 1.92. The van der Waals surface area contributed by atoms with Gasteiger partial charge >= 0.3 is 0 Å². The summed E-state index contributed by atoms with van der Waals surface area (Å²) in [5.41, 5.74) is 3.43. The summed E-state index contributed by atoms with van der Waals surface area (Å²) in [7, 11) is 0.119. The van der Waals surface area contributed by atoms with Gasteiger partial charge in [-0.05, 0) is 35.9 Å². The van der Waals surface area contributed by atoms with Gasteiger partial charge in [0.15, 0.2) is 9.84 Å². The lowest BCUT2D eigenvalue weighted by Crippen LogP contribution is -2.02. The lowest BCUT2D eigenvalue weighted by Gasteiger charge is -2.14. The van der Waals surface area contributed by atoms with E-state index in [2.05, 4.69) is 10.3 Å². The molecule has 2 aromatic carbocycles. The molecule has 0 atom stereocenters. The standard InChI is InChI=1S/C23H21F2N3O3S/c1-28-12-18(16-8-9-26-23(31-2)22(16)28)17-10-14(13-32(3,29)30)4-6-20(17)27-21-7-5-15(24)11-19(21)25/h4-12,27H,13H2,1-3H3. The first-order valence-corrected chi connectivity index (χ1v) is 11.7. The molecule has 0 unspecified atom stereocenters. The van der Waals surface area contributed by atoms with Crippen molar-refractivity contribution in [3.63, 3.8) is 0 Å². The SMILES string of the molecule is COc1nccc2c(-c3cc(CS(C)(=O)=O)ccc3Nc3ccc(F)cc3F)cn(C)c12. The average Bonchev–Trinajstić information content (AvgIpc) is 3.06. The van der Waals surface area contributed by atoms with Crippen LogP contribution in [0.4, 0.5) is 20.2 Å². The number of rotatable bonds is 6. The molecule has 4 aromatic rings. The number of sulfone groups is 1. The van der Waals surface area contributed by atoms with E-state index in [4.69, 9.17) is 4.74 Å². The van der Waals surface area contributed by atoms with Crippen LogP contribution in [0.25, 0.3) is 22.0 Å². The Morgan fingerprint density at radius 3 is 2.50 bits per heavy atom. The van der Waals surface area contributed by atoms with E-state index in [1.807, 2.05) is 23.9 Å². The summed E-state index contributed by atoms with van der Waals surface area (Å²) in [6.07, 6.45) is 4.67. The van der Waals surface area contributed by atoms with E-state index < -0.39 is 21.5 Å².